The van der Waals surface area contributed by atoms with Crippen molar-refractivity contribution in [1.82, 2.24) is 0 Å². The number of hydrogen-bond donors (Lipinski definition) is 0. The molecule has 6 heteroatoms. The van der Waals surface area contributed by atoms with E-state index < -0.39 is 5.97 Å². The maximum Gasteiger partial charge on any atom is 0.338 e. The van der Waals surface area contributed by atoms with Crippen LogP contribution < -0.4 is 4.90 Å². The van der Waals surface area contributed by atoms with Crippen molar-refractivity contribution in [2.24, 2.45) is 5.92 Å². The first kappa shape index (κ1) is 16.4. The largest absolute Gasteiger partial charge is 0.462 e. The molecule has 0 aromatic heterocycles. The number of esters is 1. The Balaban J connectivity index is 1.54. The maximum absolute atomic E-state index is 12.0. The van der Waals surface area contributed by atoms with Crippen LogP contribution in [-0.4, -0.2) is 36.6 Å². The molecular weight excluding hydrogens is 310 g/mol. The Morgan fingerprint density at radius 1 is 1.08 bits per heavy atom. The molecule has 2 aliphatic rings. The Hall–Kier alpha value is -2.47. The summed E-state index contributed by atoms with van der Waals surface area (Å²) in [6, 6.07) is 6.22. The number of hydrogen-bond acceptors (Lipinski definition) is 5. The molecule has 2 heterocycles. The van der Waals surface area contributed by atoms with Crippen LogP contribution in [-0.2, 0) is 19.1 Å². The van der Waals surface area contributed by atoms with Crippen LogP contribution in [0.1, 0.15) is 30.6 Å². The van der Waals surface area contributed by atoms with Crippen LogP contribution in [0, 0.1) is 5.92 Å². The summed E-state index contributed by atoms with van der Waals surface area (Å²) in [6.07, 6.45) is 3.63. The van der Waals surface area contributed by atoms with Crippen LogP contribution >= 0.6 is 0 Å². The molecule has 1 fully saturated rings. The fraction of sp³-hybridized carbons (Fsp3) is 0.389. The molecule has 2 unspecified atom stereocenters. The molecule has 0 N–H and O–H groups in total. The van der Waals surface area contributed by atoms with Crippen molar-refractivity contribution < 1.29 is 23.9 Å². The third-order valence-corrected chi connectivity index (χ3v) is 4.49. The van der Waals surface area contributed by atoms with Gasteiger partial charge in [0.2, 0.25) is 0 Å². The topological polar surface area (TPSA) is 72.9 Å². The van der Waals surface area contributed by atoms with E-state index in [0.29, 0.717) is 23.8 Å². The minimum Gasteiger partial charge on any atom is -0.462 e. The van der Waals surface area contributed by atoms with Crippen LogP contribution in [0.5, 0.6) is 0 Å². The summed E-state index contributed by atoms with van der Waals surface area (Å²) >= 11 is 0. The van der Waals surface area contributed by atoms with Crippen LogP contribution in [0.25, 0.3) is 0 Å². The zero-order valence-electron chi connectivity index (χ0n) is 13.6. The average Bonchev–Trinajstić information content (AvgIpc) is 2.90. The highest BCUT2D eigenvalue weighted by Crippen LogP contribution is 2.30. The quantitative estimate of drug-likeness (QED) is 0.611. The molecule has 0 radical (unpaired) electrons. The van der Waals surface area contributed by atoms with Gasteiger partial charge in [0.25, 0.3) is 11.8 Å². The van der Waals surface area contributed by atoms with E-state index in [9.17, 15) is 14.4 Å². The highest BCUT2D eigenvalue weighted by molar-refractivity contribution is 6.28. The number of carbonyl (C=O) groups is 3. The van der Waals surface area contributed by atoms with Gasteiger partial charge in [-0.25, -0.2) is 9.69 Å². The van der Waals surface area contributed by atoms with Gasteiger partial charge in [0, 0.05) is 18.1 Å². The third-order valence-electron chi connectivity index (χ3n) is 4.49. The lowest BCUT2D eigenvalue weighted by Gasteiger charge is -2.41. The van der Waals surface area contributed by atoms with Gasteiger partial charge in [-0.2, -0.15) is 0 Å². The number of amides is 2. The van der Waals surface area contributed by atoms with Crippen LogP contribution in [0.4, 0.5) is 5.69 Å². The lowest BCUT2D eigenvalue weighted by atomic mass is 9.89. The van der Waals surface area contributed by atoms with Gasteiger partial charge in [-0.1, -0.05) is 0 Å². The number of imide groups is 1. The van der Waals surface area contributed by atoms with Gasteiger partial charge < -0.3 is 9.47 Å². The lowest BCUT2D eigenvalue weighted by Crippen LogP contribution is -2.45. The summed E-state index contributed by atoms with van der Waals surface area (Å²) in [7, 11) is 0. The van der Waals surface area contributed by atoms with Gasteiger partial charge in [-0.15, -0.1) is 0 Å². The number of rotatable bonds is 5. The van der Waals surface area contributed by atoms with E-state index in [4.69, 9.17) is 9.47 Å². The fourth-order valence-corrected chi connectivity index (χ4v) is 3.07. The van der Waals surface area contributed by atoms with E-state index in [1.165, 1.54) is 12.2 Å². The van der Waals surface area contributed by atoms with Crippen molar-refractivity contribution in [1.29, 1.82) is 0 Å². The number of carbonyl (C=O) groups excluding carboxylic acids is 3. The molecule has 3 rings (SSSR count). The summed E-state index contributed by atoms with van der Waals surface area (Å²) in [4.78, 5) is 36.3. The second kappa shape index (κ2) is 6.57. The SMILES string of the molecule is CC1OC(C)C1CCOC(=O)c1ccc(N2C(=O)C=CC2=O)cc1. The van der Waals surface area contributed by atoms with Gasteiger partial charge in [0.05, 0.1) is 30.1 Å². The highest BCUT2D eigenvalue weighted by atomic mass is 16.5. The predicted molar refractivity (Wildman–Crippen MR) is 86.5 cm³/mol. The summed E-state index contributed by atoms with van der Waals surface area (Å²) < 4.78 is 10.8. The van der Waals surface area contributed by atoms with E-state index in [2.05, 4.69) is 0 Å². The standard InChI is InChI=1S/C18H19NO5/c1-11-15(12(2)24-11)9-10-23-18(22)13-3-5-14(6-4-13)19-16(20)7-8-17(19)21/h3-8,11-12,15H,9-10H2,1-2H3. The van der Waals surface area contributed by atoms with Crippen LogP contribution in [0.2, 0.25) is 0 Å². The fourth-order valence-electron chi connectivity index (χ4n) is 3.07. The molecule has 126 valence electrons. The Kier molecular flexibility index (Phi) is 4.49. The van der Waals surface area contributed by atoms with Gasteiger partial charge in [-0.05, 0) is 44.5 Å². The average molecular weight is 329 g/mol. The highest BCUT2D eigenvalue weighted by Gasteiger charge is 2.35. The van der Waals surface area contributed by atoms with Crippen LogP contribution in [0.15, 0.2) is 36.4 Å². The predicted octanol–water partition coefficient (Wildman–Crippen LogP) is 2.09. The summed E-state index contributed by atoms with van der Waals surface area (Å²) in [6.45, 7) is 4.37. The minimum atomic E-state index is -0.417. The lowest BCUT2D eigenvalue weighted by molar-refractivity contribution is -0.170. The van der Waals surface area contributed by atoms with E-state index >= 15 is 0 Å². The molecule has 6 nitrogen and oxygen atoms in total. The van der Waals surface area contributed by atoms with Crippen molar-refractivity contribution in [3.63, 3.8) is 0 Å². The van der Waals surface area contributed by atoms with E-state index in [1.807, 2.05) is 13.8 Å². The first-order valence-electron chi connectivity index (χ1n) is 7.96. The smallest absolute Gasteiger partial charge is 0.338 e. The Morgan fingerprint density at radius 3 is 2.21 bits per heavy atom. The molecular formula is C18H19NO5. The van der Waals surface area contributed by atoms with Gasteiger partial charge in [0.1, 0.15) is 0 Å². The molecule has 0 bridgehead atoms. The molecule has 1 saturated heterocycles. The van der Waals surface area contributed by atoms with Gasteiger partial charge in [0.15, 0.2) is 0 Å². The molecule has 24 heavy (non-hydrogen) atoms. The van der Waals surface area contributed by atoms with Crippen molar-refractivity contribution in [3.05, 3.63) is 42.0 Å². The van der Waals surface area contributed by atoms with E-state index in [0.717, 1.165) is 11.3 Å². The molecule has 0 spiro atoms. The second-order valence-electron chi connectivity index (χ2n) is 6.03. The third kappa shape index (κ3) is 3.10. The molecule has 0 saturated carbocycles. The Bertz CT molecular complexity index is 668. The van der Waals surface area contributed by atoms with Crippen molar-refractivity contribution in [3.8, 4) is 0 Å². The molecule has 0 aliphatic carbocycles. The van der Waals surface area contributed by atoms with E-state index in [-0.39, 0.29) is 24.0 Å². The number of nitrogens with zero attached hydrogens (tertiary/aromatic N) is 1. The first-order valence-corrected chi connectivity index (χ1v) is 7.96. The van der Waals surface area contributed by atoms with Crippen molar-refractivity contribution in [2.75, 3.05) is 11.5 Å². The zero-order chi connectivity index (χ0) is 17.3. The second-order valence-corrected chi connectivity index (χ2v) is 6.03. The van der Waals surface area contributed by atoms with Crippen LogP contribution in [0.3, 0.4) is 0 Å². The zero-order valence-corrected chi connectivity index (χ0v) is 13.6. The van der Waals surface area contributed by atoms with Crippen molar-refractivity contribution >= 4 is 23.5 Å². The first-order chi connectivity index (χ1) is 11.5. The molecule has 2 amide bonds. The van der Waals surface area contributed by atoms with Gasteiger partial charge >= 0.3 is 5.97 Å². The summed E-state index contributed by atoms with van der Waals surface area (Å²) in [5.41, 5.74) is 0.817. The summed E-state index contributed by atoms with van der Waals surface area (Å²) in [5.74, 6) is -0.776. The normalized spacial score (nSPS) is 25.8. The number of anilines is 1. The molecule has 1 aromatic carbocycles. The summed E-state index contributed by atoms with van der Waals surface area (Å²) in [5, 5.41) is 0. The monoisotopic (exact) mass is 329 g/mol. The number of ether oxygens (including phenoxy) is 2. The van der Waals surface area contributed by atoms with E-state index in [1.54, 1.807) is 24.3 Å². The molecule has 1 aromatic rings. The number of benzene rings is 1. The molecule has 2 atom stereocenters. The van der Waals surface area contributed by atoms with Gasteiger partial charge in [-0.3, -0.25) is 9.59 Å². The molecule has 2 aliphatic heterocycles. The minimum absolute atomic E-state index is 0.210. The Morgan fingerprint density at radius 2 is 1.67 bits per heavy atom. The van der Waals surface area contributed by atoms with Crippen molar-refractivity contribution in [2.45, 2.75) is 32.5 Å². The Labute approximate surface area is 140 Å². The maximum atomic E-state index is 12.0.